The molecule has 0 saturated heterocycles. The second kappa shape index (κ2) is 9.95. The first-order valence-corrected chi connectivity index (χ1v) is 11.6. The van der Waals surface area contributed by atoms with Gasteiger partial charge in [-0.1, -0.05) is 60.1 Å². The summed E-state index contributed by atoms with van der Waals surface area (Å²) in [6.45, 7) is 0.652. The fourth-order valence-electron chi connectivity index (χ4n) is 3.96. The van der Waals surface area contributed by atoms with Crippen molar-refractivity contribution in [3.8, 4) is 5.69 Å². The maximum absolute atomic E-state index is 13.1. The molecule has 0 atom stereocenters. The van der Waals surface area contributed by atoms with Gasteiger partial charge in [-0.3, -0.25) is 14.9 Å². The van der Waals surface area contributed by atoms with Gasteiger partial charge in [0.05, 0.1) is 16.7 Å². The zero-order valence-corrected chi connectivity index (χ0v) is 19.5. The molecule has 1 amide bonds. The Morgan fingerprint density at radius 3 is 2.43 bits per heavy atom. The number of halogens is 1. The number of para-hydroxylation sites is 1. The summed E-state index contributed by atoms with van der Waals surface area (Å²) < 4.78 is 3.18. The van der Waals surface area contributed by atoms with E-state index in [0.29, 0.717) is 28.7 Å². The number of carbonyl (C=O) groups excluding carboxylic acids is 1. The lowest BCUT2D eigenvalue weighted by atomic mass is 10.1. The summed E-state index contributed by atoms with van der Waals surface area (Å²) in [4.78, 5) is 30.1. The average molecular weight is 484 g/mol. The molecule has 0 unspecified atom stereocenters. The van der Waals surface area contributed by atoms with Gasteiger partial charge in [-0.15, -0.1) is 0 Å². The molecule has 0 radical (unpaired) electrons. The van der Waals surface area contributed by atoms with Crippen LogP contribution in [-0.4, -0.2) is 25.2 Å². The third-order valence-corrected chi connectivity index (χ3v) is 5.89. The van der Waals surface area contributed by atoms with Gasteiger partial charge in [0, 0.05) is 17.6 Å². The summed E-state index contributed by atoms with van der Waals surface area (Å²) in [5.74, 6) is -0.0556. The quantitative estimate of drug-likeness (QED) is 0.348. The highest BCUT2D eigenvalue weighted by Crippen LogP contribution is 2.24. The van der Waals surface area contributed by atoms with E-state index in [2.05, 4.69) is 27.5 Å². The Balaban J connectivity index is 1.43. The number of nitrogens with one attached hydrogen (secondary N) is 1. The number of carbonyl (C=O) groups is 1. The first-order chi connectivity index (χ1) is 17.1. The number of anilines is 1. The summed E-state index contributed by atoms with van der Waals surface area (Å²) in [5, 5.41) is 7.72. The highest BCUT2D eigenvalue weighted by atomic mass is 35.5. The number of rotatable bonds is 7. The van der Waals surface area contributed by atoms with Gasteiger partial charge in [0.2, 0.25) is 5.95 Å². The third-order valence-electron chi connectivity index (χ3n) is 5.66. The van der Waals surface area contributed by atoms with Crippen LogP contribution in [0.25, 0.3) is 16.7 Å². The van der Waals surface area contributed by atoms with Crippen molar-refractivity contribution in [3.05, 3.63) is 118 Å². The summed E-state index contributed by atoms with van der Waals surface area (Å²) in [7, 11) is 0. The van der Waals surface area contributed by atoms with Crippen LogP contribution in [0.15, 0.2) is 95.8 Å². The summed E-state index contributed by atoms with van der Waals surface area (Å²) >= 11 is 6.18. The molecule has 35 heavy (non-hydrogen) atoms. The molecule has 0 aliphatic rings. The van der Waals surface area contributed by atoms with Gasteiger partial charge in [0.15, 0.2) is 0 Å². The highest BCUT2D eigenvalue weighted by molar-refractivity contribution is 6.31. The SMILES string of the molecule is O=C(Nc1nc2cc(Cl)ccc2n1CCCc1ccccc1)c1ccc(=O)n(-c2ccccc2)n1. The van der Waals surface area contributed by atoms with Crippen molar-refractivity contribution < 1.29 is 4.79 Å². The molecule has 5 aromatic rings. The lowest BCUT2D eigenvalue weighted by molar-refractivity contribution is 0.101. The molecule has 7 nitrogen and oxygen atoms in total. The Kier molecular flexibility index (Phi) is 6.41. The van der Waals surface area contributed by atoms with Crippen LogP contribution in [0.5, 0.6) is 0 Å². The van der Waals surface area contributed by atoms with Gasteiger partial charge in [0.1, 0.15) is 5.69 Å². The van der Waals surface area contributed by atoms with Crippen LogP contribution in [0.2, 0.25) is 5.02 Å². The molecule has 0 aliphatic heterocycles. The predicted octanol–water partition coefficient (Wildman–Crippen LogP) is 5.12. The average Bonchev–Trinajstić information content (AvgIpc) is 3.21. The van der Waals surface area contributed by atoms with Crippen LogP contribution >= 0.6 is 11.6 Å². The van der Waals surface area contributed by atoms with Crippen LogP contribution in [0.3, 0.4) is 0 Å². The summed E-state index contributed by atoms with van der Waals surface area (Å²) in [5.41, 5.74) is 3.17. The molecule has 3 aromatic carbocycles. The monoisotopic (exact) mass is 483 g/mol. The van der Waals surface area contributed by atoms with Crippen molar-refractivity contribution in [1.29, 1.82) is 0 Å². The van der Waals surface area contributed by atoms with Gasteiger partial charge in [0.25, 0.3) is 11.5 Å². The van der Waals surface area contributed by atoms with E-state index in [1.165, 1.54) is 22.4 Å². The minimum absolute atomic E-state index is 0.106. The zero-order valence-electron chi connectivity index (χ0n) is 18.8. The second-order valence-electron chi connectivity index (χ2n) is 8.07. The van der Waals surface area contributed by atoms with E-state index in [0.717, 1.165) is 18.4 Å². The number of benzene rings is 3. The van der Waals surface area contributed by atoms with Crippen LogP contribution in [-0.2, 0) is 13.0 Å². The van der Waals surface area contributed by atoms with Crippen LogP contribution in [0, 0.1) is 0 Å². The van der Waals surface area contributed by atoms with E-state index in [1.807, 2.05) is 41.0 Å². The molecule has 1 N–H and O–H groups in total. The lowest BCUT2D eigenvalue weighted by Crippen LogP contribution is -2.25. The Morgan fingerprint density at radius 1 is 0.914 bits per heavy atom. The van der Waals surface area contributed by atoms with Crippen LogP contribution in [0.4, 0.5) is 5.95 Å². The maximum atomic E-state index is 13.1. The van der Waals surface area contributed by atoms with Gasteiger partial charge >= 0.3 is 0 Å². The highest BCUT2D eigenvalue weighted by Gasteiger charge is 2.17. The second-order valence-corrected chi connectivity index (χ2v) is 8.50. The summed E-state index contributed by atoms with van der Waals surface area (Å²) in [6, 6.07) is 27.4. The van der Waals surface area contributed by atoms with E-state index in [4.69, 9.17) is 11.6 Å². The van der Waals surface area contributed by atoms with Crippen molar-refractivity contribution in [3.63, 3.8) is 0 Å². The number of hydrogen-bond donors (Lipinski definition) is 1. The predicted molar refractivity (Wildman–Crippen MR) is 137 cm³/mol. The van der Waals surface area contributed by atoms with E-state index in [9.17, 15) is 9.59 Å². The molecule has 0 fully saturated rings. The van der Waals surface area contributed by atoms with Crippen molar-refractivity contribution in [2.45, 2.75) is 19.4 Å². The Hall–Kier alpha value is -4.23. The van der Waals surface area contributed by atoms with Gasteiger partial charge < -0.3 is 4.57 Å². The normalized spacial score (nSPS) is 11.0. The smallest absolute Gasteiger partial charge is 0.278 e. The topological polar surface area (TPSA) is 81.8 Å². The van der Waals surface area contributed by atoms with E-state index < -0.39 is 5.91 Å². The van der Waals surface area contributed by atoms with Gasteiger partial charge in [-0.05, 0) is 54.8 Å². The largest absolute Gasteiger partial charge is 0.310 e. The van der Waals surface area contributed by atoms with Crippen LogP contribution in [0.1, 0.15) is 22.5 Å². The minimum Gasteiger partial charge on any atom is -0.310 e. The molecule has 5 rings (SSSR count). The fraction of sp³-hybridized carbons (Fsp3) is 0.111. The first kappa shape index (κ1) is 22.6. The molecular formula is C27H22ClN5O2. The van der Waals surface area contributed by atoms with E-state index >= 15 is 0 Å². The molecule has 174 valence electrons. The van der Waals surface area contributed by atoms with Crippen molar-refractivity contribution >= 4 is 34.5 Å². The summed E-state index contributed by atoms with van der Waals surface area (Å²) in [6.07, 6.45) is 1.75. The molecule has 2 aromatic heterocycles. The van der Waals surface area contributed by atoms with E-state index in [1.54, 1.807) is 30.3 Å². The zero-order chi connectivity index (χ0) is 24.2. The molecule has 2 heterocycles. The number of aromatic nitrogens is 4. The Morgan fingerprint density at radius 2 is 1.66 bits per heavy atom. The van der Waals surface area contributed by atoms with Gasteiger partial charge in [-0.25, -0.2) is 4.98 Å². The van der Waals surface area contributed by atoms with Crippen molar-refractivity contribution in [2.75, 3.05) is 5.32 Å². The first-order valence-electron chi connectivity index (χ1n) is 11.3. The minimum atomic E-state index is -0.458. The number of amides is 1. The fourth-order valence-corrected chi connectivity index (χ4v) is 4.13. The third kappa shape index (κ3) is 5.00. The number of hydrogen-bond acceptors (Lipinski definition) is 4. The van der Waals surface area contributed by atoms with Gasteiger partial charge in [-0.2, -0.15) is 9.78 Å². The maximum Gasteiger partial charge on any atom is 0.278 e. The van der Waals surface area contributed by atoms with E-state index in [-0.39, 0.29) is 11.3 Å². The van der Waals surface area contributed by atoms with Crippen LogP contribution < -0.4 is 10.9 Å². The Bertz CT molecular complexity index is 1540. The molecular weight excluding hydrogens is 462 g/mol. The number of aryl methyl sites for hydroxylation is 2. The molecule has 0 bridgehead atoms. The van der Waals surface area contributed by atoms with Crippen molar-refractivity contribution in [2.24, 2.45) is 0 Å². The standard InChI is InChI=1S/C27H22ClN5O2/c28-20-13-15-24-23(18-20)29-27(32(24)17-7-10-19-8-3-1-4-9-19)30-26(35)22-14-16-25(34)33(31-22)21-11-5-2-6-12-21/h1-6,8-9,11-16,18H,7,10,17H2,(H,29,30,35). The molecule has 8 heteroatoms. The molecule has 0 spiro atoms. The number of fused-ring (bicyclic) bond motifs is 1. The van der Waals surface area contributed by atoms with Crippen molar-refractivity contribution in [1.82, 2.24) is 19.3 Å². The number of imidazole rings is 1. The molecule has 0 saturated carbocycles. The Labute approximate surface area is 206 Å². The number of nitrogens with zero attached hydrogens (tertiary/aromatic N) is 4. The lowest BCUT2D eigenvalue weighted by Gasteiger charge is -2.11. The molecule has 0 aliphatic carbocycles.